The second kappa shape index (κ2) is 5.35. The third-order valence-corrected chi connectivity index (χ3v) is 3.16. The van der Waals surface area contributed by atoms with Gasteiger partial charge in [-0.3, -0.25) is 9.79 Å². The van der Waals surface area contributed by atoms with Crippen molar-refractivity contribution in [3.05, 3.63) is 30.0 Å². The van der Waals surface area contributed by atoms with Crippen LogP contribution in [0.3, 0.4) is 0 Å². The Hall–Kier alpha value is -1.33. The topological polar surface area (TPSA) is 85.8 Å². The van der Waals surface area contributed by atoms with Crippen LogP contribution in [0.2, 0.25) is 0 Å². The quantitative estimate of drug-likeness (QED) is 0.728. The van der Waals surface area contributed by atoms with E-state index in [1.54, 1.807) is 12.1 Å². The lowest BCUT2D eigenvalue weighted by molar-refractivity contribution is 0.284. The molecule has 0 amide bonds. The normalized spacial score (nSPS) is 12.3. The maximum Gasteiger partial charge on any atom is 0.524 e. The van der Waals surface area contributed by atoms with Gasteiger partial charge in [0.2, 0.25) is 0 Å². The molecule has 3 N–H and O–H groups in total. The van der Waals surface area contributed by atoms with Gasteiger partial charge in [0.15, 0.2) is 0 Å². The van der Waals surface area contributed by atoms with Crippen LogP contribution in [0, 0.1) is 0 Å². The average molecular weight is 284 g/mol. The minimum absolute atomic E-state index is 0.193. The van der Waals surface area contributed by atoms with Gasteiger partial charge in [0, 0.05) is 29.6 Å². The van der Waals surface area contributed by atoms with Crippen molar-refractivity contribution in [3.8, 4) is 5.75 Å². The second-order valence-electron chi connectivity index (χ2n) is 4.65. The zero-order valence-corrected chi connectivity index (χ0v) is 11.7. The molecule has 2 rings (SSSR count). The molecule has 0 unspecified atom stereocenters. The lowest BCUT2D eigenvalue weighted by atomic mass is 10.2. The van der Waals surface area contributed by atoms with Gasteiger partial charge in [-0.15, -0.1) is 0 Å². The predicted octanol–water partition coefficient (Wildman–Crippen LogP) is 1.74. The molecule has 7 heteroatoms. The standard InChI is InChI=1S/C12H17N2O4P/c1-14(2)7-6-9-8-10-11(13-9)4-3-5-12(10)18-19(15,16)17/h3-5,8,13H,6-7H2,1-2H3,(H2,15,16,17). The maximum absolute atomic E-state index is 10.9. The molecule has 0 spiro atoms. The highest BCUT2D eigenvalue weighted by Crippen LogP contribution is 2.40. The van der Waals surface area contributed by atoms with Gasteiger partial charge in [-0.1, -0.05) is 6.07 Å². The first kappa shape index (κ1) is 14.1. The van der Waals surface area contributed by atoms with Crippen LogP contribution in [-0.2, 0) is 11.0 Å². The van der Waals surface area contributed by atoms with E-state index >= 15 is 0 Å². The van der Waals surface area contributed by atoms with Crippen LogP contribution in [0.5, 0.6) is 5.75 Å². The zero-order valence-electron chi connectivity index (χ0n) is 10.8. The fraction of sp³-hybridized carbons (Fsp3) is 0.333. The van der Waals surface area contributed by atoms with E-state index in [-0.39, 0.29) is 5.75 Å². The van der Waals surface area contributed by atoms with E-state index in [0.29, 0.717) is 5.39 Å². The summed E-state index contributed by atoms with van der Waals surface area (Å²) in [6, 6.07) is 6.95. The molecule has 1 heterocycles. The fourth-order valence-corrected chi connectivity index (χ4v) is 2.29. The molecule has 0 atom stereocenters. The maximum atomic E-state index is 10.9. The molecular formula is C12H17N2O4P. The van der Waals surface area contributed by atoms with E-state index < -0.39 is 7.82 Å². The van der Waals surface area contributed by atoms with Gasteiger partial charge in [0.05, 0.1) is 0 Å². The summed E-state index contributed by atoms with van der Waals surface area (Å²) in [4.78, 5) is 23.1. The Morgan fingerprint density at radius 2 is 2.11 bits per heavy atom. The minimum atomic E-state index is -4.54. The number of hydrogen-bond donors (Lipinski definition) is 3. The molecule has 2 aromatic rings. The number of phosphoric ester groups is 1. The molecule has 6 nitrogen and oxygen atoms in total. The Labute approximate surface area is 111 Å². The molecule has 0 fully saturated rings. The number of nitrogens with one attached hydrogen (secondary N) is 1. The predicted molar refractivity (Wildman–Crippen MR) is 73.2 cm³/mol. The van der Waals surface area contributed by atoms with Gasteiger partial charge >= 0.3 is 7.82 Å². The number of nitrogens with zero attached hydrogens (tertiary/aromatic N) is 1. The van der Waals surface area contributed by atoms with Crippen LogP contribution in [0.1, 0.15) is 5.69 Å². The third-order valence-electron chi connectivity index (χ3n) is 2.73. The minimum Gasteiger partial charge on any atom is -0.404 e. The van der Waals surface area contributed by atoms with Gasteiger partial charge in [0.1, 0.15) is 5.75 Å². The van der Waals surface area contributed by atoms with Crippen molar-refractivity contribution in [2.45, 2.75) is 6.42 Å². The molecule has 1 aromatic carbocycles. The molecule has 0 saturated carbocycles. The summed E-state index contributed by atoms with van der Waals surface area (Å²) in [5.41, 5.74) is 1.81. The lowest BCUT2D eigenvalue weighted by Gasteiger charge is -2.07. The van der Waals surface area contributed by atoms with E-state index in [0.717, 1.165) is 24.2 Å². The highest BCUT2D eigenvalue weighted by Gasteiger charge is 2.18. The number of rotatable bonds is 5. The molecule has 0 bridgehead atoms. The van der Waals surface area contributed by atoms with Gasteiger partial charge in [0.25, 0.3) is 0 Å². The SMILES string of the molecule is CN(C)CCc1cc2c(OP(=O)(O)O)cccc2[nH]1. The summed E-state index contributed by atoms with van der Waals surface area (Å²) in [7, 11) is -0.554. The van der Waals surface area contributed by atoms with E-state index in [1.807, 2.05) is 26.2 Å². The largest absolute Gasteiger partial charge is 0.524 e. The van der Waals surface area contributed by atoms with Gasteiger partial charge in [-0.05, 0) is 32.3 Å². The van der Waals surface area contributed by atoms with E-state index in [2.05, 4.69) is 9.88 Å². The highest BCUT2D eigenvalue weighted by atomic mass is 31.2. The Balaban J connectivity index is 2.31. The number of benzene rings is 1. The number of fused-ring (bicyclic) bond motifs is 1. The van der Waals surface area contributed by atoms with Crippen molar-refractivity contribution in [2.24, 2.45) is 0 Å². The summed E-state index contributed by atoms with van der Waals surface area (Å²) < 4.78 is 15.6. The Morgan fingerprint density at radius 3 is 2.74 bits per heavy atom. The van der Waals surface area contributed by atoms with Gasteiger partial charge in [-0.25, -0.2) is 4.57 Å². The van der Waals surface area contributed by atoms with Crippen molar-refractivity contribution >= 4 is 18.7 Å². The highest BCUT2D eigenvalue weighted by molar-refractivity contribution is 7.46. The molecule has 0 saturated heterocycles. The first-order chi connectivity index (χ1) is 8.85. The van der Waals surface area contributed by atoms with Crippen LogP contribution in [0.25, 0.3) is 10.9 Å². The van der Waals surface area contributed by atoms with Gasteiger partial charge < -0.3 is 14.4 Å². The van der Waals surface area contributed by atoms with Crippen molar-refractivity contribution in [1.29, 1.82) is 0 Å². The van der Waals surface area contributed by atoms with E-state index in [4.69, 9.17) is 14.3 Å². The van der Waals surface area contributed by atoms with Crippen LogP contribution in [0.15, 0.2) is 24.3 Å². The van der Waals surface area contributed by atoms with Crippen molar-refractivity contribution in [2.75, 3.05) is 20.6 Å². The Bertz CT molecular complexity index is 617. The second-order valence-corrected chi connectivity index (χ2v) is 5.81. The average Bonchev–Trinajstić information content (AvgIpc) is 2.68. The van der Waals surface area contributed by atoms with E-state index in [1.165, 1.54) is 0 Å². The van der Waals surface area contributed by atoms with Crippen LogP contribution in [-0.4, -0.2) is 40.3 Å². The van der Waals surface area contributed by atoms with Crippen molar-refractivity contribution in [3.63, 3.8) is 0 Å². The number of aromatic nitrogens is 1. The molecule has 0 aliphatic heterocycles. The summed E-state index contributed by atoms with van der Waals surface area (Å²) in [6.45, 7) is 0.890. The first-order valence-corrected chi connectivity index (χ1v) is 7.39. The van der Waals surface area contributed by atoms with Crippen LogP contribution in [0.4, 0.5) is 0 Å². The zero-order chi connectivity index (χ0) is 14.0. The van der Waals surface area contributed by atoms with E-state index in [9.17, 15) is 4.57 Å². The van der Waals surface area contributed by atoms with Crippen molar-refractivity contribution < 1.29 is 18.9 Å². The number of H-pyrrole nitrogens is 1. The summed E-state index contributed by atoms with van der Waals surface area (Å²) in [6.07, 6.45) is 0.830. The summed E-state index contributed by atoms with van der Waals surface area (Å²) in [5.74, 6) is 0.193. The summed E-state index contributed by atoms with van der Waals surface area (Å²) >= 11 is 0. The first-order valence-electron chi connectivity index (χ1n) is 5.85. The Morgan fingerprint density at radius 1 is 1.37 bits per heavy atom. The van der Waals surface area contributed by atoms with Gasteiger partial charge in [-0.2, -0.15) is 0 Å². The fourth-order valence-electron chi connectivity index (χ4n) is 1.87. The third kappa shape index (κ3) is 3.81. The van der Waals surface area contributed by atoms with Crippen LogP contribution < -0.4 is 4.52 Å². The number of phosphoric acid groups is 1. The Kier molecular flexibility index (Phi) is 3.96. The molecule has 104 valence electrons. The lowest BCUT2D eigenvalue weighted by Crippen LogP contribution is -2.15. The molecule has 0 aliphatic carbocycles. The van der Waals surface area contributed by atoms with Crippen molar-refractivity contribution in [1.82, 2.24) is 9.88 Å². The molecule has 0 radical (unpaired) electrons. The number of likely N-dealkylation sites (N-methyl/N-ethyl adjacent to an activating group) is 1. The monoisotopic (exact) mass is 284 g/mol. The molecule has 1 aromatic heterocycles. The smallest absolute Gasteiger partial charge is 0.404 e. The molecule has 19 heavy (non-hydrogen) atoms. The summed E-state index contributed by atoms with van der Waals surface area (Å²) in [5, 5.41) is 0.680. The number of aromatic amines is 1. The van der Waals surface area contributed by atoms with Crippen LogP contribution >= 0.6 is 7.82 Å². The molecule has 0 aliphatic rings. The molecular weight excluding hydrogens is 267 g/mol. The number of hydrogen-bond acceptors (Lipinski definition) is 3.